The van der Waals surface area contributed by atoms with Crippen molar-refractivity contribution in [3.63, 3.8) is 0 Å². The SMILES string of the molecule is CCCC(=O)C(CC)CO.[Ti]. The maximum atomic E-state index is 11.0. The fourth-order valence-corrected chi connectivity index (χ4v) is 0.909. The molecule has 0 radical (unpaired) electrons. The molecule has 0 saturated heterocycles. The summed E-state index contributed by atoms with van der Waals surface area (Å²) in [7, 11) is 0. The summed E-state index contributed by atoms with van der Waals surface area (Å²) in [5, 5.41) is 8.70. The van der Waals surface area contributed by atoms with E-state index >= 15 is 0 Å². The molecular formula is C8H16O2Ti. The standard InChI is InChI=1S/C8H16O2.Ti/c1-3-5-8(10)7(4-2)6-9;/h7,9H,3-6H2,1-2H3;. The molecule has 0 spiro atoms. The Morgan fingerprint density at radius 2 is 2.00 bits per heavy atom. The molecule has 0 rings (SSSR count). The van der Waals surface area contributed by atoms with Crippen molar-refractivity contribution in [2.24, 2.45) is 5.92 Å². The molecule has 3 heteroatoms. The van der Waals surface area contributed by atoms with E-state index in [4.69, 9.17) is 5.11 Å². The number of Topliss-reactive ketones (excluding diaryl/α,β-unsaturated/α-hetero) is 1. The molecule has 0 amide bonds. The third-order valence-corrected chi connectivity index (χ3v) is 1.66. The van der Waals surface area contributed by atoms with Crippen molar-refractivity contribution >= 4 is 5.78 Å². The molecule has 0 aromatic carbocycles. The van der Waals surface area contributed by atoms with Crippen LogP contribution in [0.3, 0.4) is 0 Å². The first-order chi connectivity index (χ1) is 4.76. The van der Waals surface area contributed by atoms with Crippen molar-refractivity contribution in [2.75, 3.05) is 6.61 Å². The zero-order valence-corrected chi connectivity index (χ0v) is 8.82. The minimum atomic E-state index is -0.111. The smallest absolute Gasteiger partial charge is 0.138 e. The second-order valence-electron chi connectivity index (χ2n) is 2.50. The van der Waals surface area contributed by atoms with Gasteiger partial charge in [-0.3, -0.25) is 4.79 Å². The molecule has 0 fully saturated rings. The van der Waals surface area contributed by atoms with Crippen LogP contribution in [-0.2, 0) is 26.5 Å². The van der Waals surface area contributed by atoms with Gasteiger partial charge in [0.1, 0.15) is 5.78 Å². The molecule has 1 atom stereocenters. The number of carbonyl (C=O) groups excluding carboxylic acids is 1. The summed E-state index contributed by atoms with van der Waals surface area (Å²) in [5.41, 5.74) is 0. The summed E-state index contributed by atoms with van der Waals surface area (Å²) < 4.78 is 0. The summed E-state index contributed by atoms with van der Waals surface area (Å²) >= 11 is 0. The maximum absolute atomic E-state index is 11.0. The molecule has 0 aromatic rings. The number of aliphatic hydroxyl groups excluding tert-OH is 1. The van der Waals surface area contributed by atoms with Crippen LogP contribution in [0.15, 0.2) is 0 Å². The first-order valence-electron chi connectivity index (χ1n) is 3.89. The zero-order valence-electron chi connectivity index (χ0n) is 7.26. The van der Waals surface area contributed by atoms with Crippen LogP contribution in [0.5, 0.6) is 0 Å². The fraction of sp³-hybridized carbons (Fsp3) is 0.875. The molecule has 0 aliphatic heterocycles. The Balaban J connectivity index is 0. The van der Waals surface area contributed by atoms with Crippen LogP contribution in [0, 0.1) is 5.92 Å². The fourth-order valence-electron chi connectivity index (χ4n) is 0.909. The van der Waals surface area contributed by atoms with E-state index in [0.29, 0.717) is 6.42 Å². The van der Waals surface area contributed by atoms with E-state index in [1.54, 1.807) is 0 Å². The van der Waals surface area contributed by atoms with Crippen LogP contribution in [0.25, 0.3) is 0 Å². The van der Waals surface area contributed by atoms with Gasteiger partial charge in [-0.1, -0.05) is 13.8 Å². The monoisotopic (exact) mass is 192 g/mol. The molecular weight excluding hydrogens is 176 g/mol. The van der Waals surface area contributed by atoms with E-state index in [0.717, 1.165) is 12.8 Å². The van der Waals surface area contributed by atoms with Crippen molar-refractivity contribution in [1.29, 1.82) is 0 Å². The van der Waals surface area contributed by atoms with Gasteiger partial charge in [-0.05, 0) is 12.8 Å². The van der Waals surface area contributed by atoms with Gasteiger partial charge >= 0.3 is 0 Å². The molecule has 0 aromatic heterocycles. The van der Waals surface area contributed by atoms with Gasteiger partial charge in [0.15, 0.2) is 0 Å². The number of hydrogen-bond acceptors (Lipinski definition) is 2. The van der Waals surface area contributed by atoms with Crippen molar-refractivity contribution in [3.05, 3.63) is 0 Å². The molecule has 0 bridgehead atoms. The van der Waals surface area contributed by atoms with Crippen molar-refractivity contribution in [2.45, 2.75) is 33.1 Å². The first kappa shape index (κ1) is 13.9. The van der Waals surface area contributed by atoms with Crippen molar-refractivity contribution in [1.82, 2.24) is 0 Å². The Morgan fingerprint density at radius 1 is 1.45 bits per heavy atom. The maximum Gasteiger partial charge on any atom is 0.138 e. The van der Waals surface area contributed by atoms with Crippen molar-refractivity contribution < 1.29 is 31.6 Å². The van der Waals surface area contributed by atoms with Crippen LogP contribution in [0.4, 0.5) is 0 Å². The van der Waals surface area contributed by atoms with Crippen LogP contribution in [0.2, 0.25) is 0 Å². The van der Waals surface area contributed by atoms with E-state index in [1.165, 1.54) is 0 Å². The summed E-state index contributed by atoms with van der Waals surface area (Å²) in [6.45, 7) is 3.91. The quantitative estimate of drug-likeness (QED) is 0.668. The van der Waals surface area contributed by atoms with E-state index in [2.05, 4.69) is 0 Å². The summed E-state index contributed by atoms with van der Waals surface area (Å²) in [6, 6.07) is 0. The molecule has 64 valence electrons. The Morgan fingerprint density at radius 3 is 2.27 bits per heavy atom. The third-order valence-electron chi connectivity index (χ3n) is 1.66. The Labute approximate surface area is 83.3 Å². The van der Waals surface area contributed by atoms with Gasteiger partial charge in [0.25, 0.3) is 0 Å². The second kappa shape index (κ2) is 8.44. The van der Waals surface area contributed by atoms with Gasteiger partial charge in [0.2, 0.25) is 0 Å². The van der Waals surface area contributed by atoms with Gasteiger partial charge in [0.05, 0.1) is 6.61 Å². The van der Waals surface area contributed by atoms with Gasteiger partial charge in [-0.2, -0.15) is 0 Å². The first-order valence-corrected chi connectivity index (χ1v) is 3.89. The Kier molecular flexibility index (Phi) is 10.7. The molecule has 1 unspecified atom stereocenters. The van der Waals surface area contributed by atoms with Crippen molar-refractivity contribution in [3.8, 4) is 0 Å². The molecule has 0 aliphatic carbocycles. The van der Waals surface area contributed by atoms with Gasteiger partial charge in [-0.15, -0.1) is 0 Å². The minimum Gasteiger partial charge on any atom is -0.396 e. The minimum absolute atomic E-state index is 0. The normalized spacial score (nSPS) is 11.9. The van der Waals surface area contributed by atoms with Gasteiger partial charge in [0, 0.05) is 34.1 Å². The molecule has 2 nitrogen and oxygen atoms in total. The average Bonchev–Trinajstić information content (AvgIpc) is 1.91. The number of aliphatic hydroxyl groups is 1. The third kappa shape index (κ3) is 5.60. The number of ketones is 1. The largest absolute Gasteiger partial charge is 0.396 e. The van der Waals surface area contributed by atoms with Gasteiger partial charge < -0.3 is 5.11 Å². The zero-order chi connectivity index (χ0) is 7.98. The Bertz CT molecular complexity index is 100. The number of hydrogen-bond donors (Lipinski definition) is 1. The molecule has 11 heavy (non-hydrogen) atoms. The topological polar surface area (TPSA) is 37.3 Å². The van der Waals surface area contributed by atoms with Crippen LogP contribution in [-0.4, -0.2) is 17.5 Å². The molecule has 0 saturated carbocycles. The number of carbonyl (C=O) groups is 1. The Hall–Kier alpha value is 0.344. The van der Waals surface area contributed by atoms with Crippen LogP contribution in [0.1, 0.15) is 33.1 Å². The van der Waals surface area contributed by atoms with E-state index in [-0.39, 0.29) is 40.0 Å². The van der Waals surface area contributed by atoms with Crippen LogP contribution >= 0.6 is 0 Å². The summed E-state index contributed by atoms with van der Waals surface area (Å²) in [4.78, 5) is 11.0. The molecule has 1 N–H and O–H groups in total. The van der Waals surface area contributed by atoms with Gasteiger partial charge in [-0.25, -0.2) is 0 Å². The summed E-state index contributed by atoms with van der Waals surface area (Å²) in [5.74, 6) is 0.0902. The summed E-state index contributed by atoms with van der Waals surface area (Å²) in [6.07, 6.45) is 2.25. The van der Waals surface area contributed by atoms with Crippen LogP contribution < -0.4 is 0 Å². The van der Waals surface area contributed by atoms with E-state index < -0.39 is 0 Å². The average molecular weight is 192 g/mol. The molecule has 0 aliphatic rings. The predicted molar refractivity (Wildman–Crippen MR) is 40.8 cm³/mol. The molecule has 0 heterocycles. The van der Waals surface area contributed by atoms with E-state index in [1.807, 2.05) is 13.8 Å². The second-order valence-corrected chi connectivity index (χ2v) is 2.50. The predicted octanol–water partition coefficient (Wildman–Crippen LogP) is 1.37. The van der Waals surface area contributed by atoms with E-state index in [9.17, 15) is 4.79 Å². The number of rotatable bonds is 5.